The van der Waals surface area contributed by atoms with Crippen LogP contribution in [0.25, 0.3) is 0 Å². The minimum atomic E-state index is -3.98. The van der Waals surface area contributed by atoms with E-state index >= 15 is 0 Å². The van der Waals surface area contributed by atoms with Gasteiger partial charge in [-0.1, -0.05) is 11.2 Å². The standard InChI is InChI=1S/C19H24N4O5S/c1-12-17(14(3)28-21-12)29(26,27)22-13(2)18(24)20-16-8-6-7-15(11-16)19(25)23-9-4-5-10-23/h6-8,11,13,22H,4-5,9-10H2,1-3H3,(H,20,24)/t13-/m0/s1. The summed E-state index contributed by atoms with van der Waals surface area (Å²) in [5.41, 5.74) is 1.12. The molecule has 0 saturated carbocycles. The number of amides is 2. The molecule has 0 bridgehead atoms. The average Bonchev–Trinajstić information content (AvgIpc) is 3.31. The lowest BCUT2D eigenvalue weighted by Crippen LogP contribution is -2.41. The highest BCUT2D eigenvalue weighted by molar-refractivity contribution is 7.89. The van der Waals surface area contributed by atoms with Gasteiger partial charge in [0.2, 0.25) is 15.9 Å². The molecule has 2 N–H and O–H groups in total. The highest BCUT2D eigenvalue weighted by atomic mass is 32.2. The summed E-state index contributed by atoms with van der Waals surface area (Å²) in [4.78, 5) is 26.7. The van der Waals surface area contributed by atoms with Crippen molar-refractivity contribution >= 4 is 27.5 Å². The minimum absolute atomic E-state index is 0.0737. The monoisotopic (exact) mass is 420 g/mol. The van der Waals surface area contributed by atoms with E-state index in [2.05, 4.69) is 15.2 Å². The van der Waals surface area contributed by atoms with Crippen molar-refractivity contribution in [1.29, 1.82) is 0 Å². The normalized spacial score (nSPS) is 15.3. The molecule has 3 rings (SSSR count). The Morgan fingerprint density at radius 1 is 1.21 bits per heavy atom. The molecule has 29 heavy (non-hydrogen) atoms. The Bertz CT molecular complexity index is 1010. The molecule has 1 aliphatic rings. The lowest BCUT2D eigenvalue weighted by molar-refractivity contribution is -0.117. The number of carbonyl (C=O) groups excluding carboxylic acids is 2. The molecule has 10 heteroatoms. The van der Waals surface area contributed by atoms with Gasteiger partial charge in [-0.05, 0) is 51.8 Å². The van der Waals surface area contributed by atoms with Crippen molar-refractivity contribution in [2.75, 3.05) is 18.4 Å². The van der Waals surface area contributed by atoms with Crippen LogP contribution < -0.4 is 10.0 Å². The Morgan fingerprint density at radius 3 is 2.52 bits per heavy atom. The second-order valence-corrected chi connectivity index (χ2v) is 8.72. The van der Waals surface area contributed by atoms with E-state index in [1.54, 1.807) is 29.2 Å². The molecule has 0 spiro atoms. The average molecular weight is 420 g/mol. The van der Waals surface area contributed by atoms with Crippen molar-refractivity contribution in [1.82, 2.24) is 14.8 Å². The van der Waals surface area contributed by atoms with E-state index in [0.29, 0.717) is 11.3 Å². The van der Waals surface area contributed by atoms with Crippen LogP contribution in [0.15, 0.2) is 33.7 Å². The Hall–Kier alpha value is -2.72. The van der Waals surface area contributed by atoms with Crippen LogP contribution in [0.1, 0.15) is 41.6 Å². The molecule has 0 unspecified atom stereocenters. The first-order valence-electron chi connectivity index (χ1n) is 9.34. The summed E-state index contributed by atoms with van der Waals surface area (Å²) in [5.74, 6) is -0.479. The number of nitrogens with zero attached hydrogens (tertiary/aromatic N) is 2. The van der Waals surface area contributed by atoms with E-state index in [4.69, 9.17) is 4.52 Å². The minimum Gasteiger partial charge on any atom is -0.360 e. The number of hydrogen-bond acceptors (Lipinski definition) is 6. The summed E-state index contributed by atoms with van der Waals surface area (Å²) >= 11 is 0. The molecule has 2 amide bonds. The van der Waals surface area contributed by atoms with Crippen LogP contribution in [0.4, 0.5) is 5.69 Å². The van der Waals surface area contributed by atoms with Crippen LogP contribution in [0.3, 0.4) is 0 Å². The molecule has 1 aromatic carbocycles. The number of rotatable bonds is 6. The van der Waals surface area contributed by atoms with Gasteiger partial charge in [0.15, 0.2) is 5.76 Å². The number of benzene rings is 1. The lowest BCUT2D eigenvalue weighted by Gasteiger charge is -2.17. The van der Waals surface area contributed by atoms with Gasteiger partial charge in [0.05, 0.1) is 6.04 Å². The highest BCUT2D eigenvalue weighted by Crippen LogP contribution is 2.20. The van der Waals surface area contributed by atoms with Gasteiger partial charge in [0.25, 0.3) is 5.91 Å². The molecule has 1 saturated heterocycles. The van der Waals surface area contributed by atoms with Gasteiger partial charge >= 0.3 is 0 Å². The fourth-order valence-electron chi connectivity index (χ4n) is 3.29. The summed E-state index contributed by atoms with van der Waals surface area (Å²) in [6.45, 7) is 5.90. The van der Waals surface area contributed by atoms with Gasteiger partial charge in [0.1, 0.15) is 10.6 Å². The first-order chi connectivity index (χ1) is 13.7. The first kappa shape index (κ1) is 21.0. The van der Waals surface area contributed by atoms with Crippen molar-refractivity contribution in [3.05, 3.63) is 41.3 Å². The summed E-state index contributed by atoms with van der Waals surface area (Å²) in [6.07, 6.45) is 1.98. The predicted octanol–water partition coefficient (Wildman–Crippen LogP) is 1.83. The Morgan fingerprint density at radius 2 is 1.90 bits per heavy atom. The topological polar surface area (TPSA) is 122 Å². The molecule has 0 radical (unpaired) electrons. The van der Waals surface area contributed by atoms with Crippen LogP contribution in [0.5, 0.6) is 0 Å². The highest BCUT2D eigenvalue weighted by Gasteiger charge is 2.28. The zero-order chi connectivity index (χ0) is 21.2. The zero-order valence-corrected chi connectivity index (χ0v) is 17.4. The van der Waals surface area contributed by atoms with E-state index in [-0.39, 0.29) is 22.3 Å². The number of aromatic nitrogens is 1. The van der Waals surface area contributed by atoms with Crippen molar-refractivity contribution in [2.45, 2.75) is 44.6 Å². The number of nitrogens with one attached hydrogen (secondary N) is 2. The van der Waals surface area contributed by atoms with Crippen molar-refractivity contribution in [3.63, 3.8) is 0 Å². The van der Waals surface area contributed by atoms with Crippen LogP contribution >= 0.6 is 0 Å². The van der Waals surface area contributed by atoms with E-state index in [1.807, 2.05) is 0 Å². The smallest absolute Gasteiger partial charge is 0.253 e. The third-order valence-corrected chi connectivity index (χ3v) is 6.52. The van der Waals surface area contributed by atoms with E-state index < -0.39 is 22.0 Å². The Labute approximate surface area is 169 Å². The third kappa shape index (κ3) is 4.65. The van der Waals surface area contributed by atoms with Crippen LogP contribution in [-0.4, -0.2) is 49.4 Å². The van der Waals surface area contributed by atoms with Crippen molar-refractivity contribution in [2.24, 2.45) is 0 Å². The second-order valence-electron chi connectivity index (χ2n) is 7.07. The number of likely N-dealkylation sites (tertiary alicyclic amines) is 1. The number of carbonyl (C=O) groups is 2. The molecular weight excluding hydrogens is 396 g/mol. The summed E-state index contributed by atoms with van der Waals surface area (Å²) in [7, 11) is -3.98. The number of sulfonamides is 1. The molecule has 1 aromatic heterocycles. The number of anilines is 1. The second kappa shape index (κ2) is 8.34. The molecular formula is C19H24N4O5S. The first-order valence-corrected chi connectivity index (χ1v) is 10.8. The molecule has 1 fully saturated rings. The molecule has 9 nitrogen and oxygen atoms in total. The predicted molar refractivity (Wildman–Crippen MR) is 106 cm³/mol. The maximum atomic E-state index is 12.6. The molecule has 1 atom stereocenters. The van der Waals surface area contributed by atoms with E-state index in [1.165, 1.54) is 20.8 Å². The van der Waals surface area contributed by atoms with Gasteiger partial charge in [-0.2, -0.15) is 4.72 Å². The van der Waals surface area contributed by atoms with Crippen LogP contribution in [0.2, 0.25) is 0 Å². The van der Waals surface area contributed by atoms with Crippen LogP contribution in [0, 0.1) is 13.8 Å². The summed E-state index contributed by atoms with van der Waals surface area (Å²) in [6, 6.07) is 5.56. The maximum Gasteiger partial charge on any atom is 0.253 e. The molecule has 2 aromatic rings. The van der Waals surface area contributed by atoms with Gasteiger partial charge in [0, 0.05) is 24.3 Å². The van der Waals surface area contributed by atoms with Crippen molar-refractivity contribution in [3.8, 4) is 0 Å². The number of aryl methyl sites for hydroxylation is 2. The van der Waals surface area contributed by atoms with E-state index in [9.17, 15) is 18.0 Å². The van der Waals surface area contributed by atoms with E-state index in [0.717, 1.165) is 25.9 Å². The SMILES string of the molecule is Cc1noc(C)c1S(=O)(=O)N[C@@H](C)C(=O)Nc1cccc(C(=O)N2CCCC2)c1. The molecule has 2 heterocycles. The lowest BCUT2D eigenvalue weighted by atomic mass is 10.1. The quantitative estimate of drug-likeness (QED) is 0.735. The molecule has 156 valence electrons. The Balaban J connectivity index is 1.68. The van der Waals surface area contributed by atoms with Crippen LogP contribution in [-0.2, 0) is 14.8 Å². The van der Waals surface area contributed by atoms with Gasteiger partial charge in [-0.3, -0.25) is 9.59 Å². The van der Waals surface area contributed by atoms with Crippen molar-refractivity contribution < 1.29 is 22.5 Å². The van der Waals surface area contributed by atoms with Gasteiger partial charge in [-0.25, -0.2) is 8.42 Å². The van der Waals surface area contributed by atoms with Gasteiger partial charge in [-0.15, -0.1) is 0 Å². The Kier molecular flexibility index (Phi) is 6.04. The largest absolute Gasteiger partial charge is 0.360 e. The van der Waals surface area contributed by atoms with Gasteiger partial charge < -0.3 is 14.7 Å². The summed E-state index contributed by atoms with van der Waals surface area (Å²) < 4.78 is 32.3. The zero-order valence-electron chi connectivity index (χ0n) is 16.6. The fraction of sp³-hybridized carbons (Fsp3) is 0.421. The molecule has 0 aliphatic carbocycles. The summed E-state index contributed by atoms with van der Waals surface area (Å²) in [5, 5.41) is 6.28. The fourth-order valence-corrected chi connectivity index (χ4v) is 4.82. The third-order valence-electron chi connectivity index (χ3n) is 4.73. The molecule has 1 aliphatic heterocycles. The maximum absolute atomic E-state index is 12.6. The number of hydrogen-bond donors (Lipinski definition) is 2.